The Morgan fingerprint density at radius 1 is 1.35 bits per heavy atom. The minimum Gasteiger partial charge on any atom is -0.380 e. The van der Waals surface area contributed by atoms with Crippen LogP contribution >= 0.6 is 0 Å². The van der Waals surface area contributed by atoms with Crippen LogP contribution in [0.2, 0.25) is 0 Å². The van der Waals surface area contributed by atoms with Crippen molar-refractivity contribution in [1.82, 2.24) is 15.1 Å². The fourth-order valence-corrected chi connectivity index (χ4v) is 1.74. The van der Waals surface area contributed by atoms with Crippen molar-refractivity contribution in [3.63, 3.8) is 0 Å². The van der Waals surface area contributed by atoms with Crippen LogP contribution in [0, 0.1) is 0 Å². The zero-order chi connectivity index (χ0) is 12.5. The number of nitrogens with one attached hydrogen (secondary N) is 1. The van der Waals surface area contributed by atoms with Crippen LogP contribution in [-0.4, -0.2) is 29.5 Å². The van der Waals surface area contributed by atoms with Crippen LogP contribution in [0.5, 0.6) is 0 Å². The number of hydrogen-bond acceptors (Lipinski definition) is 3. The third kappa shape index (κ3) is 5.33. The maximum Gasteiger partial charge on any atom is 0.0666 e. The smallest absolute Gasteiger partial charge is 0.0666 e. The first kappa shape index (κ1) is 14.2. The SMILES string of the molecule is CCCCOCCNCc1cn(C)nc1CC. The van der Waals surface area contributed by atoms with Gasteiger partial charge in [-0.15, -0.1) is 0 Å². The molecule has 0 radical (unpaired) electrons. The predicted molar refractivity (Wildman–Crippen MR) is 70.0 cm³/mol. The van der Waals surface area contributed by atoms with E-state index in [9.17, 15) is 0 Å². The summed E-state index contributed by atoms with van der Waals surface area (Å²) in [6, 6.07) is 0. The highest BCUT2D eigenvalue weighted by molar-refractivity contribution is 5.16. The van der Waals surface area contributed by atoms with E-state index in [0.29, 0.717) is 0 Å². The van der Waals surface area contributed by atoms with Gasteiger partial charge in [0.15, 0.2) is 0 Å². The number of rotatable bonds is 9. The summed E-state index contributed by atoms with van der Waals surface area (Å²) in [5, 5.41) is 7.80. The summed E-state index contributed by atoms with van der Waals surface area (Å²) >= 11 is 0. The maximum atomic E-state index is 5.49. The zero-order valence-corrected chi connectivity index (χ0v) is 11.3. The maximum absolute atomic E-state index is 5.49. The second-order valence-corrected chi connectivity index (χ2v) is 4.27. The molecule has 1 aromatic rings. The Bertz CT molecular complexity index is 310. The summed E-state index contributed by atoms with van der Waals surface area (Å²) in [6.45, 7) is 7.78. The Morgan fingerprint density at radius 2 is 2.18 bits per heavy atom. The average Bonchev–Trinajstić information content (AvgIpc) is 2.68. The molecule has 4 heteroatoms. The van der Waals surface area contributed by atoms with Crippen molar-refractivity contribution in [2.45, 2.75) is 39.7 Å². The van der Waals surface area contributed by atoms with Gasteiger partial charge in [0.1, 0.15) is 0 Å². The van der Waals surface area contributed by atoms with Crippen molar-refractivity contribution in [2.24, 2.45) is 7.05 Å². The zero-order valence-electron chi connectivity index (χ0n) is 11.3. The van der Waals surface area contributed by atoms with Gasteiger partial charge in [-0.25, -0.2) is 0 Å². The fraction of sp³-hybridized carbons (Fsp3) is 0.769. The van der Waals surface area contributed by atoms with Crippen LogP contribution in [0.15, 0.2) is 6.20 Å². The quantitative estimate of drug-likeness (QED) is 0.669. The number of aromatic nitrogens is 2. The third-order valence-corrected chi connectivity index (χ3v) is 2.71. The van der Waals surface area contributed by atoms with E-state index >= 15 is 0 Å². The van der Waals surface area contributed by atoms with Crippen LogP contribution in [0.3, 0.4) is 0 Å². The van der Waals surface area contributed by atoms with Gasteiger partial charge in [-0.2, -0.15) is 5.10 Å². The van der Waals surface area contributed by atoms with Gasteiger partial charge < -0.3 is 10.1 Å². The molecular formula is C13H25N3O. The average molecular weight is 239 g/mol. The highest BCUT2D eigenvalue weighted by atomic mass is 16.5. The molecule has 0 aromatic carbocycles. The molecule has 0 bridgehead atoms. The summed E-state index contributed by atoms with van der Waals surface area (Å²) in [5.41, 5.74) is 2.48. The lowest BCUT2D eigenvalue weighted by molar-refractivity contribution is 0.133. The Kier molecular flexibility index (Phi) is 6.89. The molecule has 0 saturated heterocycles. The van der Waals surface area contributed by atoms with Crippen LogP contribution in [0.25, 0.3) is 0 Å². The Morgan fingerprint density at radius 3 is 2.88 bits per heavy atom. The summed E-state index contributed by atoms with van der Waals surface area (Å²) in [7, 11) is 1.97. The van der Waals surface area contributed by atoms with E-state index in [2.05, 4.69) is 30.5 Å². The highest BCUT2D eigenvalue weighted by Gasteiger charge is 2.04. The molecule has 0 fully saturated rings. The van der Waals surface area contributed by atoms with Crippen molar-refractivity contribution < 1.29 is 4.74 Å². The van der Waals surface area contributed by atoms with Gasteiger partial charge in [-0.3, -0.25) is 4.68 Å². The topological polar surface area (TPSA) is 39.1 Å². The monoisotopic (exact) mass is 239 g/mol. The molecule has 0 atom stereocenters. The van der Waals surface area contributed by atoms with E-state index in [1.54, 1.807) is 0 Å². The van der Waals surface area contributed by atoms with Gasteiger partial charge in [0, 0.05) is 38.5 Å². The third-order valence-electron chi connectivity index (χ3n) is 2.71. The van der Waals surface area contributed by atoms with Gasteiger partial charge in [-0.1, -0.05) is 20.3 Å². The number of nitrogens with zero attached hydrogens (tertiary/aromatic N) is 2. The molecule has 17 heavy (non-hydrogen) atoms. The first-order chi connectivity index (χ1) is 8.27. The van der Waals surface area contributed by atoms with E-state index in [1.807, 2.05) is 11.7 Å². The van der Waals surface area contributed by atoms with Crippen LogP contribution in [0.4, 0.5) is 0 Å². The minimum atomic E-state index is 0.793. The molecule has 98 valence electrons. The van der Waals surface area contributed by atoms with E-state index in [-0.39, 0.29) is 0 Å². The van der Waals surface area contributed by atoms with E-state index < -0.39 is 0 Å². The van der Waals surface area contributed by atoms with E-state index in [4.69, 9.17) is 4.74 Å². The van der Waals surface area contributed by atoms with Crippen molar-refractivity contribution in [1.29, 1.82) is 0 Å². The van der Waals surface area contributed by atoms with E-state index in [0.717, 1.165) is 39.1 Å². The van der Waals surface area contributed by atoms with E-state index in [1.165, 1.54) is 17.7 Å². The Labute approximate surface area is 104 Å². The van der Waals surface area contributed by atoms with Crippen LogP contribution in [-0.2, 0) is 24.8 Å². The molecule has 0 spiro atoms. The summed E-state index contributed by atoms with van der Waals surface area (Å²) in [5.74, 6) is 0. The second kappa shape index (κ2) is 8.25. The first-order valence-corrected chi connectivity index (χ1v) is 6.57. The molecule has 0 unspecified atom stereocenters. The molecule has 1 rings (SSSR count). The molecule has 1 N–H and O–H groups in total. The Balaban J connectivity index is 2.13. The molecule has 4 nitrogen and oxygen atoms in total. The lowest BCUT2D eigenvalue weighted by Crippen LogP contribution is -2.19. The molecule has 1 aromatic heterocycles. The molecular weight excluding hydrogens is 214 g/mol. The molecule has 0 aliphatic carbocycles. The predicted octanol–water partition coefficient (Wildman–Crippen LogP) is 1.89. The van der Waals surface area contributed by atoms with Crippen LogP contribution < -0.4 is 5.32 Å². The molecule has 0 aliphatic heterocycles. The summed E-state index contributed by atoms with van der Waals surface area (Å²) < 4.78 is 7.37. The fourth-order valence-electron chi connectivity index (χ4n) is 1.74. The van der Waals surface area contributed by atoms with Crippen molar-refractivity contribution in [3.8, 4) is 0 Å². The largest absolute Gasteiger partial charge is 0.380 e. The van der Waals surface area contributed by atoms with Gasteiger partial charge in [0.25, 0.3) is 0 Å². The van der Waals surface area contributed by atoms with Gasteiger partial charge in [0.2, 0.25) is 0 Å². The van der Waals surface area contributed by atoms with Crippen LogP contribution in [0.1, 0.15) is 37.9 Å². The number of aryl methyl sites for hydroxylation is 2. The Hall–Kier alpha value is -0.870. The molecule has 0 aliphatic rings. The lowest BCUT2D eigenvalue weighted by atomic mass is 10.2. The van der Waals surface area contributed by atoms with Crippen molar-refractivity contribution in [2.75, 3.05) is 19.8 Å². The normalized spacial score (nSPS) is 11.0. The number of unbranched alkanes of at least 4 members (excludes halogenated alkanes) is 1. The molecule has 0 amide bonds. The van der Waals surface area contributed by atoms with Gasteiger partial charge in [-0.05, 0) is 12.8 Å². The number of hydrogen-bond donors (Lipinski definition) is 1. The molecule has 0 saturated carbocycles. The summed E-state index contributed by atoms with van der Waals surface area (Å²) in [4.78, 5) is 0. The van der Waals surface area contributed by atoms with Gasteiger partial charge >= 0.3 is 0 Å². The minimum absolute atomic E-state index is 0.793. The standard InChI is InChI=1S/C13H25N3O/c1-4-6-8-17-9-7-14-10-12-11-16(3)15-13(12)5-2/h11,14H,4-10H2,1-3H3. The molecule has 1 heterocycles. The highest BCUT2D eigenvalue weighted by Crippen LogP contribution is 2.06. The van der Waals surface area contributed by atoms with Crippen molar-refractivity contribution in [3.05, 3.63) is 17.5 Å². The van der Waals surface area contributed by atoms with Gasteiger partial charge in [0.05, 0.1) is 12.3 Å². The first-order valence-electron chi connectivity index (χ1n) is 6.57. The lowest BCUT2D eigenvalue weighted by Gasteiger charge is -2.05. The van der Waals surface area contributed by atoms with Crippen molar-refractivity contribution >= 4 is 0 Å². The second-order valence-electron chi connectivity index (χ2n) is 4.27. The number of ether oxygens (including phenoxy) is 1. The summed E-state index contributed by atoms with van der Waals surface area (Å²) in [6.07, 6.45) is 5.43.